The van der Waals surface area contributed by atoms with Gasteiger partial charge in [-0.2, -0.15) is 0 Å². The van der Waals surface area contributed by atoms with Gasteiger partial charge in [0.15, 0.2) is 0 Å². The molecule has 98 valence electrons. The number of fused-ring (bicyclic) bond motifs is 1. The monoisotopic (exact) mass is 271 g/mol. The van der Waals surface area contributed by atoms with Gasteiger partial charge < -0.3 is 10.3 Å². The van der Waals surface area contributed by atoms with Crippen LogP contribution in [0.1, 0.15) is 30.1 Å². The Balaban J connectivity index is 1.98. The van der Waals surface area contributed by atoms with E-state index >= 15 is 0 Å². The summed E-state index contributed by atoms with van der Waals surface area (Å²) in [5.41, 5.74) is 6.38. The van der Waals surface area contributed by atoms with E-state index in [1.54, 1.807) is 11.3 Å². The number of hydrogen-bond donors (Lipinski definition) is 1. The van der Waals surface area contributed by atoms with Crippen LogP contribution in [0.2, 0.25) is 0 Å². The molecule has 2 N–H and O–H groups in total. The highest BCUT2D eigenvalue weighted by Crippen LogP contribution is 2.31. The highest BCUT2D eigenvalue weighted by Gasteiger charge is 2.16. The number of nitrogens with two attached hydrogens (primary N) is 1. The summed E-state index contributed by atoms with van der Waals surface area (Å²) < 4.78 is 3.43. The van der Waals surface area contributed by atoms with Crippen LogP contribution >= 0.6 is 11.3 Å². The molecule has 1 atom stereocenters. The molecule has 2 heterocycles. The SMILES string of the molecule is CCCn1ccnc1C(N)c1cc2ccccc2s1. The lowest BCUT2D eigenvalue weighted by atomic mass is 10.2. The number of aryl methyl sites for hydroxylation is 1. The lowest BCUT2D eigenvalue weighted by Crippen LogP contribution is -2.16. The molecule has 0 aliphatic carbocycles. The largest absolute Gasteiger partial charge is 0.333 e. The van der Waals surface area contributed by atoms with Crippen LogP contribution in [0.5, 0.6) is 0 Å². The molecule has 3 nitrogen and oxygen atoms in total. The van der Waals surface area contributed by atoms with Crippen molar-refractivity contribution in [2.75, 3.05) is 0 Å². The molecule has 4 heteroatoms. The van der Waals surface area contributed by atoms with Crippen LogP contribution in [0.4, 0.5) is 0 Å². The normalized spacial score (nSPS) is 12.9. The molecule has 1 aromatic carbocycles. The fourth-order valence-corrected chi connectivity index (χ4v) is 3.38. The van der Waals surface area contributed by atoms with Crippen LogP contribution in [0, 0.1) is 0 Å². The van der Waals surface area contributed by atoms with Crippen LogP contribution in [-0.2, 0) is 6.54 Å². The fourth-order valence-electron chi connectivity index (χ4n) is 2.31. The number of thiophene rings is 1. The Morgan fingerprint density at radius 3 is 3.00 bits per heavy atom. The Morgan fingerprint density at radius 1 is 1.37 bits per heavy atom. The molecule has 0 spiro atoms. The van der Waals surface area contributed by atoms with Gasteiger partial charge in [0.05, 0.1) is 6.04 Å². The van der Waals surface area contributed by atoms with E-state index in [0.29, 0.717) is 0 Å². The number of benzene rings is 1. The number of rotatable bonds is 4. The maximum Gasteiger partial charge on any atom is 0.131 e. The van der Waals surface area contributed by atoms with Gasteiger partial charge in [0.25, 0.3) is 0 Å². The number of aromatic nitrogens is 2. The maximum absolute atomic E-state index is 6.38. The molecule has 0 fully saturated rings. The molecule has 19 heavy (non-hydrogen) atoms. The quantitative estimate of drug-likeness (QED) is 0.788. The van der Waals surface area contributed by atoms with Crippen LogP contribution in [0.25, 0.3) is 10.1 Å². The predicted molar refractivity (Wildman–Crippen MR) is 80.4 cm³/mol. The Labute approximate surface area is 116 Å². The molecule has 0 saturated heterocycles. The van der Waals surface area contributed by atoms with Crippen molar-refractivity contribution < 1.29 is 0 Å². The molecular weight excluding hydrogens is 254 g/mol. The zero-order chi connectivity index (χ0) is 13.2. The van der Waals surface area contributed by atoms with Gasteiger partial charge in [0.1, 0.15) is 5.82 Å². The first-order valence-electron chi connectivity index (χ1n) is 6.54. The van der Waals surface area contributed by atoms with Crippen molar-refractivity contribution in [2.24, 2.45) is 5.73 Å². The maximum atomic E-state index is 6.38. The van der Waals surface area contributed by atoms with Crippen molar-refractivity contribution in [1.82, 2.24) is 9.55 Å². The van der Waals surface area contributed by atoms with E-state index in [2.05, 4.69) is 46.8 Å². The third-order valence-corrected chi connectivity index (χ3v) is 4.44. The minimum Gasteiger partial charge on any atom is -0.333 e. The molecule has 3 rings (SSSR count). The molecule has 0 aliphatic rings. The molecule has 0 amide bonds. The van der Waals surface area contributed by atoms with Crippen molar-refractivity contribution in [2.45, 2.75) is 25.9 Å². The van der Waals surface area contributed by atoms with E-state index in [1.807, 2.05) is 12.4 Å². The van der Waals surface area contributed by atoms with E-state index in [9.17, 15) is 0 Å². The minimum atomic E-state index is -0.140. The predicted octanol–water partition coefficient (Wildman–Crippen LogP) is 3.56. The van der Waals surface area contributed by atoms with Crippen LogP contribution in [-0.4, -0.2) is 9.55 Å². The second kappa shape index (κ2) is 5.15. The van der Waals surface area contributed by atoms with Gasteiger partial charge in [0.2, 0.25) is 0 Å². The van der Waals surface area contributed by atoms with E-state index in [4.69, 9.17) is 5.73 Å². The van der Waals surface area contributed by atoms with E-state index in [1.165, 1.54) is 15.0 Å². The van der Waals surface area contributed by atoms with Crippen molar-refractivity contribution in [3.63, 3.8) is 0 Å². The lowest BCUT2D eigenvalue weighted by Gasteiger charge is -2.11. The summed E-state index contributed by atoms with van der Waals surface area (Å²) in [6.07, 6.45) is 4.92. The summed E-state index contributed by atoms with van der Waals surface area (Å²) in [4.78, 5) is 5.60. The van der Waals surface area contributed by atoms with Crippen LogP contribution in [0.3, 0.4) is 0 Å². The summed E-state index contributed by atoms with van der Waals surface area (Å²) in [5, 5.41) is 1.26. The van der Waals surface area contributed by atoms with E-state index in [0.717, 1.165) is 18.8 Å². The van der Waals surface area contributed by atoms with Crippen LogP contribution in [0.15, 0.2) is 42.7 Å². The summed E-state index contributed by atoms with van der Waals surface area (Å²) in [6, 6.07) is 10.4. The third-order valence-electron chi connectivity index (χ3n) is 3.24. The number of nitrogens with zero attached hydrogens (tertiary/aromatic N) is 2. The average molecular weight is 271 g/mol. The number of imidazole rings is 1. The zero-order valence-corrected chi connectivity index (χ0v) is 11.7. The van der Waals surface area contributed by atoms with Gasteiger partial charge in [-0.05, 0) is 23.9 Å². The topological polar surface area (TPSA) is 43.8 Å². The first-order chi connectivity index (χ1) is 9.29. The Kier molecular flexibility index (Phi) is 3.36. The summed E-state index contributed by atoms with van der Waals surface area (Å²) >= 11 is 1.75. The Bertz CT molecular complexity index is 650. The molecule has 0 aliphatic heterocycles. The molecule has 1 unspecified atom stereocenters. The molecule has 2 aromatic heterocycles. The Morgan fingerprint density at radius 2 is 2.21 bits per heavy atom. The highest BCUT2D eigenvalue weighted by atomic mass is 32.1. The summed E-state index contributed by atoms with van der Waals surface area (Å²) in [5.74, 6) is 0.952. The zero-order valence-electron chi connectivity index (χ0n) is 10.9. The molecular formula is C15H17N3S. The smallest absolute Gasteiger partial charge is 0.131 e. The van der Waals surface area contributed by atoms with E-state index < -0.39 is 0 Å². The van der Waals surface area contributed by atoms with Crippen molar-refractivity contribution in [1.29, 1.82) is 0 Å². The van der Waals surface area contributed by atoms with Gasteiger partial charge in [0, 0.05) is 28.5 Å². The first-order valence-corrected chi connectivity index (χ1v) is 7.36. The van der Waals surface area contributed by atoms with Gasteiger partial charge in [-0.15, -0.1) is 11.3 Å². The molecule has 0 saturated carbocycles. The van der Waals surface area contributed by atoms with Crippen molar-refractivity contribution in [3.05, 3.63) is 53.4 Å². The van der Waals surface area contributed by atoms with Gasteiger partial charge in [-0.25, -0.2) is 4.98 Å². The molecule has 0 bridgehead atoms. The first kappa shape index (κ1) is 12.4. The fraction of sp³-hybridized carbons (Fsp3) is 0.267. The van der Waals surface area contributed by atoms with Crippen LogP contribution < -0.4 is 5.73 Å². The second-order valence-corrected chi connectivity index (χ2v) is 5.76. The molecule has 3 aromatic rings. The van der Waals surface area contributed by atoms with Gasteiger partial charge in [-0.3, -0.25) is 0 Å². The minimum absolute atomic E-state index is 0.140. The van der Waals surface area contributed by atoms with Gasteiger partial charge >= 0.3 is 0 Å². The third kappa shape index (κ3) is 2.29. The van der Waals surface area contributed by atoms with E-state index in [-0.39, 0.29) is 6.04 Å². The highest BCUT2D eigenvalue weighted by molar-refractivity contribution is 7.19. The summed E-state index contributed by atoms with van der Waals surface area (Å²) in [6.45, 7) is 3.13. The standard InChI is InChI=1S/C15H17N3S/c1-2-8-18-9-7-17-15(18)14(16)13-10-11-5-3-4-6-12(11)19-13/h3-7,9-10,14H,2,8,16H2,1H3. The van der Waals surface area contributed by atoms with Crippen molar-refractivity contribution in [3.8, 4) is 0 Å². The second-order valence-electron chi connectivity index (χ2n) is 4.64. The lowest BCUT2D eigenvalue weighted by molar-refractivity contribution is 0.616. The van der Waals surface area contributed by atoms with Gasteiger partial charge in [-0.1, -0.05) is 25.1 Å². The van der Waals surface area contributed by atoms with Crippen molar-refractivity contribution >= 4 is 21.4 Å². The Hall–Kier alpha value is -1.65. The number of hydrogen-bond acceptors (Lipinski definition) is 3. The molecule has 0 radical (unpaired) electrons. The summed E-state index contributed by atoms with van der Waals surface area (Å²) in [7, 11) is 0. The average Bonchev–Trinajstić information content (AvgIpc) is 3.04.